The van der Waals surface area contributed by atoms with Crippen molar-refractivity contribution in [2.75, 3.05) is 25.4 Å². The second kappa shape index (κ2) is 12.4. The largest absolute Gasteiger partial charge is 0.480 e. The average molecular weight is 560 g/mol. The molecule has 13 heteroatoms. The first-order chi connectivity index (χ1) is 18.5. The number of rotatable bonds is 11. The van der Waals surface area contributed by atoms with E-state index in [0.717, 1.165) is 17.7 Å². The third-order valence-corrected chi connectivity index (χ3v) is 7.04. The van der Waals surface area contributed by atoms with Crippen molar-refractivity contribution in [1.82, 2.24) is 15.2 Å². The lowest BCUT2D eigenvalue weighted by Crippen LogP contribution is -2.35. The number of aryl methyl sites for hydroxylation is 1. The summed E-state index contributed by atoms with van der Waals surface area (Å²) in [6.07, 6.45) is 3.41. The van der Waals surface area contributed by atoms with Gasteiger partial charge < -0.3 is 15.0 Å². The third kappa shape index (κ3) is 7.13. The van der Waals surface area contributed by atoms with Crippen LogP contribution in [-0.2, 0) is 19.6 Å². The van der Waals surface area contributed by atoms with E-state index in [0.29, 0.717) is 29.3 Å². The maximum atomic E-state index is 13.6. The number of methoxy groups -OCH3 is 1. The number of carbonyl (C=O) groups excluding carboxylic acids is 2. The van der Waals surface area contributed by atoms with E-state index in [-0.39, 0.29) is 24.0 Å². The van der Waals surface area contributed by atoms with Crippen LogP contribution in [0.3, 0.4) is 0 Å². The summed E-state index contributed by atoms with van der Waals surface area (Å²) >= 11 is 0. The highest BCUT2D eigenvalue weighted by Gasteiger charge is 2.20. The van der Waals surface area contributed by atoms with Crippen LogP contribution in [0.2, 0.25) is 0 Å². The van der Waals surface area contributed by atoms with Gasteiger partial charge in [-0.25, -0.2) is 27.2 Å². The molecular weight excluding hydrogens is 532 g/mol. The molecule has 0 aliphatic rings. The van der Waals surface area contributed by atoms with E-state index in [4.69, 9.17) is 4.74 Å². The normalized spacial score (nSPS) is 12.2. The lowest BCUT2D eigenvalue weighted by atomic mass is 10.0. The number of ether oxygens (including phenoxy) is 1. The van der Waals surface area contributed by atoms with Crippen molar-refractivity contribution in [3.05, 3.63) is 65.9 Å². The fourth-order valence-electron chi connectivity index (χ4n) is 3.57. The van der Waals surface area contributed by atoms with Gasteiger partial charge in [0.05, 0.1) is 29.9 Å². The summed E-state index contributed by atoms with van der Waals surface area (Å²) in [6.45, 7) is 3.65. The fraction of sp³-hybridized carbons (Fsp3) is 0.231. The molecular formula is C26H27F2N5O5S. The number of sulfonamides is 1. The molecule has 1 aromatic heterocycles. The van der Waals surface area contributed by atoms with Crippen molar-refractivity contribution in [3.63, 3.8) is 0 Å². The Bertz CT molecular complexity index is 1510. The Morgan fingerprint density at radius 1 is 1.15 bits per heavy atom. The van der Waals surface area contributed by atoms with Gasteiger partial charge in [0.2, 0.25) is 18.2 Å². The van der Waals surface area contributed by atoms with Gasteiger partial charge in [0, 0.05) is 25.4 Å². The Morgan fingerprint density at radius 2 is 1.90 bits per heavy atom. The van der Waals surface area contributed by atoms with Crippen LogP contribution in [0.15, 0.2) is 58.5 Å². The minimum absolute atomic E-state index is 0.00801. The highest BCUT2D eigenvalue weighted by Crippen LogP contribution is 2.32. The molecule has 2 aromatic carbocycles. The molecule has 0 bridgehead atoms. The number of benzene rings is 2. The molecule has 1 unspecified atom stereocenters. The number of carbonyl (C=O) groups is 2. The molecule has 0 saturated carbocycles. The standard InChI is InChI=1S/C26H27F2N5O5S/c1-16-9-18(5-8-23(16)31-14-33(15-34)13-17(2)25(35)29-3)19-10-24(26(38-4)30-12-19)32-39(36,37)20-6-7-21(27)22(28)11-20/h5-12,14-15,17,32H,13H2,1-4H3,(H,29,35). The highest BCUT2D eigenvalue weighted by molar-refractivity contribution is 7.92. The van der Waals surface area contributed by atoms with E-state index < -0.39 is 32.5 Å². The zero-order valence-corrected chi connectivity index (χ0v) is 22.4. The number of amides is 2. The summed E-state index contributed by atoms with van der Waals surface area (Å²) in [4.78, 5) is 32.4. The molecule has 1 heterocycles. The molecule has 0 spiro atoms. The highest BCUT2D eigenvalue weighted by atomic mass is 32.2. The van der Waals surface area contributed by atoms with Crippen LogP contribution in [0.1, 0.15) is 12.5 Å². The summed E-state index contributed by atoms with van der Waals surface area (Å²) in [5, 5.41) is 2.53. The Balaban J connectivity index is 1.86. The van der Waals surface area contributed by atoms with E-state index in [2.05, 4.69) is 20.0 Å². The van der Waals surface area contributed by atoms with Gasteiger partial charge in [-0.05, 0) is 54.4 Å². The predicted octanol–water partition coefficient (Wildman–Crippen LogP) is 3.64. The van der Waals surface area contributed by atoms with E-state index in [1.807, 2.05) is 0 Å². The molecule has 0 aliphatic heterocycles. The molecule has 39 heavy (non-hydrogen) atoms. The van der Waals surface area contributed by atoms with Crippen LogP contribution in [0.5, 0.6) is 5.88 Å². The van der Waals surface area contributed by atoms with Gasteiger partial charge in [-0.2, -0.15) is 0 Å². The second-order valence-corrected chi connectivity index (χ2v) is 10.2. The van der Waals surface area contributed by atoms with E-state index >= 15 is 0 Å². The van der Waals surface area contributed by atoms with Crippen molar-refractivity contribution in [2.24, 2.45) is 10.9 Å². The molecule has 2 amide bonds. The Morgan fingerprint density at radius 3 is 2.51 bits per heavy atom. The van der Waals surface area contributed by atoms with Crippen molar-refractivity contribution in [1.29, 1.82) is 0 Å². The number of anilines is 1. The number of hydrogen-bond donors (Lipinski definition) is 2. The van der Waals surface area contributed by atoms with Crippen molar-refractivity contribution in [2.45, 2.75) is 18.7 Å². The number of aliphatic imine (C=N–C) groups is 1. The quantitative estimate of drug-likeness (QED) is 0.210. The molecule has 2 N–H and O–H groups in total. The maximum Gasteiger partial charge on any atom is 0.262 e. The molecule has 206 valence electrons. The maximum absolute atomic E-state index is 13.6. The van der Waals surface area contributed by atoms with E-state index in [1.165, 1.54) is 37.7 Å². The van der Waals surface area contributed by atoms with Crippen molar-refractivity contribution >= 4 is 40.1 Å². The van der Waals surface area contributed by atoms with Crippen LogP contribution >= 0.6 is 0 Å². The SMILES string of the molecule is CNC(=O)C(C)CN(C=O)C=Nc1ccc(-c2cnc(OC)c(NS(=O)(=O)c3ccc(F)c(F)c3)c2)cc1C. The second-order valence-electron chi connectivity index (χ2n) is 8.53. The van der Waals surface area contributed by atoms with Crippen LogP contribution in [0.4, 0.5) is 20.2 Å². The van der Waals surface area contributed by atoms with Gasteiger partial charge in [0.15, 0.2) is 11.6 Å². The molecule has 0 aliphatic carbocycles. The minimum atomic E-state index is -4.29. The van der Waals surface area contributed by atoms with Gasteiger partial charge in [-0.3, -0.25) is 14.3 Å². The average Bonchev–Trinajstić information content (AvgIpc) is 2.92. The van der Waals surface area contributed by atoms with Gasteiger partial charge >= 0.3 is 0 Å². The van der Waals surface area contributed by atoms with Crippen LogP contribution in [-0.4, -0.2) is 57.7 Å². The number of hydrogen-bond acceptors (Lipinski definition) is 7. The zero-order chi connectivity index (χ0) is 28.7. The van der Waals surface area contributed by atoms with Crippen LogP contribution < -0.4 is 14.8 Å². The zero-order valence-electron chi connectivity index (χ0n) is 21.6. The third-order valence-electron chi connectivity index (χ3n) is 5.68. The number of nitrogens with one attached hydrogen (secondary N) is 2. The summed E-state index contributed by atoms with van der Waals surface area (Å²) in [5.41, 5.74) is 2.51. The smallest absolute Gasteiger partial charge is 0.262 e. The first kappa shape index (κ1) is 29.2. The monoisotopic (exact) mass is 559 g/mol. The summed E-state index contributed by atoms with van der Waals surface area (Å²) < 4.78 is 60.0. The molecule has 0 fully saturated rings. The number of nitrogens with zero attached hydrogens (tertiary/aromatic N) is 3. The Labute approximate surface area is 224 Å². The first-order valence-corrected chi connectivity index (χ1v) is 13.1. The summed E-state index contributed by atoms with van der Waals surface area (Å²) in [6, 6.07) is 8.97. The summed E-state index contributed by atoms with van der Waals surface area (Å²) in [7, 11) is -1.46. The van der Waals surface area contributed by atoms with Crippen molar-refractivity contribution < 1.29 is 31.5 Å². The lowest BCUT2D eigenvalue weighted by molar-refractivity contribution is -0.124. The van der Waals surface area contributed by atoms with Gasteiger partial charge in [0.25, 0.3) is 10.0 Å². The van der Waals surface area contributed by atoms with E-state index in [9.17, 15) is 26.8 Å². The molecule has 3 aromatic rings. The number of aromatic nitrogens is 1. The molecule has 0 saturated heterocycles. The lowest BCUT2D eigenvalue weighted by Gasteiger charge is -2.16. The Kier molecular flexibility index (Phi) is 9.30. The first-order valence-electron chi connectivity index (χ1n) is 11.6. The van der Waals surface area contributed by atoms with Gasteiger partial charge in [-0.15, -0.1) is 0 Å². The molecule has 0 radical (unpaired) electrons. The fourth-order valence-corrected chi connectivity index (χ4v) is 4.63. The predicted molar refractivity (Wildman–Crippen MR) is 142 cm³/mol. The van der Waals surface area contributed by atoms with Crippen LogP contribution in [0, 0.1) is 24.5 Å². The van der Waals surface area contributed by atoms with Gasteiger partial charge in [0.1, 0.15) is 5.69 Å². The topological polar surface area (TPSA) is 130 Å². The van der Waals surface area contributed by atoms with Crippen molar-refractivity contribution in [3.8, 4) is 17.0 Å². The Hall–Kier alpha value is -4.39. The van der Waals surface area contributed by atoms with Crippen LogP contribution in [0.25, 0.3) is 11.1 Å². The number of halogens is 2. The minimum Gasteiger partial charge on any atom is -0.480 e. The molecule has 3 rings (SSSR count). The van der Waals surface area contributed by atoms with Gasteiger partial charge in [-0.1, -0.05) is 13.0 Å². The van der Waals surface area contributed by atoms with E-state index in [1.54, 1.807) is 32.0 Å². The molecule has 10 nitrogen and oxygen atoms in total. The molecule has 1 atom stereocenters. The summed E-state index contributed by atoms with van der Waals surface area (Å²) in [5.74, 6) is -3.12. The number of pyridine rings is 1.